The SMILES string of the molecule is CC1(C)CC(=O)C=C(C(=O)N2CCO[C@H](CCCc3ccccc3)C2)O1. The second-order valence-electron chi connectivity index (χ2n) is 7.64. The van der Waals surface area contributed by atoms with Crippen molar-refractivity contribution in [3.63, 3.8) is 0 Å². The highest BCUT2D eigenvalue weighted by molar-refractivity contribution is 6.01. The molecule has 0 aromatic heterocycles. The van der Waals surface area contributed by atoms with Crippen LogP contribution < -0.4 is 0 Å². The molecule has 0 N–H and O–H groups in total. The molecule has 5 heteroatoms. The molecule has 0 unspecified atom stereocenters. The van der Waals surface area contributed by atoms with Crippen molar-refractivity contribution < 1.29 is 19.1 Å². The van der Waals surface area contributed by atoms with E-state index in [0.717, 1.165) is 19.3 Å². The number of amides is 1. The number of aryl methyl sites for hydroxylation is 1. The Hall–Kier alpha value is -2.14. The highest BCUT2D eigenvalue weighted by atomic mass is 16.5. The van der Waals surface area contributed by atoms with Crippen molar-refractivity contribution in [3.05, 3.63) is 47.7 Å². The highest BCUT2D eigenvalue weighted by Crippen LogP contribution is 2.26. The van der Waals surface area contributed by atoms with Crippen molar-refractivity contribution in [2.75, 3.05) is 19.7 Å². The second kappa shape index (κ2) is 8.04. The summed E-state index contributed by atoms with van der Waals surface area (Å²) in [6.45, 7) is 5.26. The molecule has 0 aliphatic carbocycles. The Labute approximate surface area is 155 Å². The van der Waals surface area contributed by atoms with Crippen molar-refractivity contribution in [2.24, 2.45) is 0 Å². The molecule has 140 valence electrons. The van der Waals surface area contributed by atoms with E-state index in [-0.39, 0.29) is 23.6 Å². The van der Waals surface area contributed by atoms with Crippen LogP contribution in [0, 0.1) is 0 Å². The lowest BCUT2D eigenvalue weighted by atomic mass is 9.98. The quantitative estimate of drug-likeness (QED) is 0.813. The van der Waals surface area contributed by atoms with Gasteiger partial charge in [-0.1, -0.05) is 30.3 Å². The van der Waals surface area contributed by atoms with Crippen LogP contribution in [0.2, 0.25) is 0 Å². The van der Waals surface area contributed by atoms with Crippen LogP contribution in [0.4, 0.5) is 0 Å². The Morgan fingerprint density at radius 1 is 1.27 bits per heavy atom. The summed E-state index contributed by atoms with van der Waals surface area (Å²) < 4.78 is 11.6. The number of hydrogen-bond acceptors (Lipinski definition) is 4. The Morgan fingerprint density at radius 2 is 2.04 bits per heavy atom. The number of rotatable bonds is 5. The van der Waals surface area contributed by atoms with Crippen LogP contribution in [0.15, 0.2) is 42.2 Å². The van der Waals surface area contributed by atoms with Crippen LogP contribution in [0.1, 0.15) is 38.7 Å². The summed E-state index contributed by atoms with van der Waals surface area (Å²) >= 11 is 0. The first-order valence-electron chi connectivity index (χ1n) is 9.31. The number of hydrogen-bond donors (Lipinski definition) is 0. The van der Waals surface area contributed by atoms with Gasteiger partial charge in [0, 0.05) is 25.6 Å². The molecular weight excluding hydrogens is 330 g/mol. The molecular formula is C21H27NO4. The molecule has 2 heterocycles. The fraction of sp³-hybridized carbons (Fsp3) is 0.524. The Morgan fingerprint density at radius 3 is 2.77 bits per heavy atom. The van der Waals surface area contributed by atoms with E-state index in [1.165, 1.54) is 11.6 Å². The number of nitrogens with zero attached hydrogens (tertiary/aromatic N) is 1. The van der Waals surface area contributed by atoms with E-state index < -0.39 is 5.60 Å². The summed E-state index contributed by atoms with van der Waals surface area (Å²) in [5.41, 5.74) is 0.691. The van der Waals surface area contributed by atoms with Gasteiger partial charge in [-0.3, -0.25) is 9.59 Å². The third kappa shape index (κ3) is 4.94. The lowest BCUT2D eigenvalue weighted by molar-refractivity contribution is -0.144. The average molecular weight is 357 g/mol. The van der Waals surface area contributed by atoms with Crippen LogP contribution in [0.25, 0.3) is 0 Å². The zero-order valence-electron chi connectivity index (χ0n) is 15.6. The molecule has 2 aliphatic heterocycles. The summed E-state index contributed by atoms with van der Waals surface area (Å²) in [7, 11) is 0. The summed E-state index contributed by atoms with van der Waals surface area (Å²) in [6, 6.07) is 10.4. The third-order valence-corrected chi connectivity index (χ3v) is 4.75. The van der Waals surface area contributed by atoms with E-state index in [0.29, 0.717) is 26.1 Å². The zero-order chi connectivity index (χ0) is 18.6. The van der Waals surface area contributed by atoms with Gasteiger partial charge >= 0.3 is 0 Å². The molecule has 2 aliphatic rings. The van der Waals surface area contributed by atoms with Crippen LogP contribution >= 0.6 is 0 Å². The van der Waals surface area contributed by atoms with Gasteiger partial charge in [0.25, 0.3) is 5.91 Å². The standard InChI is InChI=1S/C21H27NO4/c1-21(2)14-17(23)13-19(26-21)20(24)22-11-12-25-18(15-22)10-6-9-16-7-4-3-5-8-16/h3-5,7-8,13,18H,6,9-12,14-15H2,1-2H3/t18-/m1/s1. The van der Waals surface area contributed by atoms with Crippen LogP contribution in [-0.2, 0) is 25.5 Å². The van der Waals surface area contributed by atoms with Crippen molar-refractivity contribution >= 4 is 11.7 Å². The molecule has 1 aromatic rings. The predicted octanol–water partition coefficient (Wildman–Crippen LogP) is 2.89. The average Bonchev–Trinajstić information content (AvgIpc) is 2.60. The Kier molecular flexibility index (Phi) is 5.77. The van der Waals surface area contributed by atoms with E-state index in [1.807, 2.05) is 32.0 Å². The fourth-order valence-electron chi connectivity index (χ4n) is 3.50. The molecule has 0 spiro atoms. The molecule has 5 nitrogen and oxygen atoms in total. The number of ketones is 1. The molecule has 1 saturated heterocycles. The van der Waals surface area contributed by atoms with E-state index in [4.69, 9.17) is 9.47 Å². The van der Waals surface area contributed by atoms with Gasteiger partial charge in [-0.15, -0.1) is 0 Å². The number of ether oxygens (including phenoxy) is 2. The van der Waals surface area contributed by atoms with Gasteiger partial charge in [-0.25, -0.2) is 0 Å². The molecule has 1 amide bonds. The van der Waals surface area contributed by atoms with Crippen molar-refractivity contribution in [2.45, 2.75) is 51.2 Å². The van der Waals surface area contributed by atoms with Gasteiger partial charge in [0.05, 0.1) is 12.7 Å². The monoisotopic (exact) mass is 357 g/mol. The first-order valence-corrected chi connectivity index (χ1v) is 9.31. The van der Waals surface area contributed by atoms with Crippen LogP contribution in [0.3, 0.4) is 0 Å². The number of morpholine rings is 1. The first kappa shape index (κ1) is 18.6. The van der Waals surface area contributed by atoms with Crippen molar-refractivity contribution in [1.29, 1.82) is 0 Å². The van der Waals surface area contributed by atoms with Gasteiger partial charge in [-0.2, -0.15) is 0 Å². The summed E-state index contributed by atoms with van der Waals surface area (Å²) in [6.07, 6.45) is 4.60. The molecule has 0 saturated carbocycles. The van der Waals surface area contributed by atoms with Crippen molar-refractivity contribution in [3.8, 4) is 0 Å². The Balaban J connectivity index is 1.53. The maximum Gasteiger partial charge on any atom is 0.289 e. The molecule has 1 aromatic carbocycles. The maximum absolute atomic E-state index is 12.8. The molecule has 3 rings (SSSR count). The van der Waals surface area contributed by atoms with E-state index in [9.17, 15) is 9.59 Å². The number of benzene rings is 1. The number of carbonyl (C=O) groups is 2. The normalized spacial score (nSPS) is 22.5. The summed E-state index contributed by atoms with van der Waals surface area (Å²) in [5.74, 6) is -0.101. The van der Waals surface area contributed by atoms with Gasteiger partial charge in [0.2, 0.25) is 0 Å². The minimum absolute atomic E-state index is 0.0318. The smallest absolute Gasteiger partial charge is 0.289 e. The van der Waals surface area contributed by atoms with Gasteiger partial charge in [0.1, 0.15) is 5.60 Å². The van der Waals surface area contributed by atoms with Gasteiger partial charge < -0.3 is 14.4 Å². The molecule has 26 heavy (non-hydrogen) atoms. The minimum Gasteiger partial charge on any atom is -0.481 e. The summed E-state index contributed by atoms with van der Waals surface area (Å²) in [4.78, 5) is 26.4. The highest BCUT2D eigenvalue weighted by Gasteiger charge is 2.35. The van der Waals surface area contributed by atoms with E-state index in [2.05, 4.69) is 12.1 Å². The second-order valence-corrected chi connectivity index (χ2v) is 7.64. The first-order chi connectivity index (χ1) is 12.4. The molecule has 1 atom stereocenters. The summed E-state index contributed by atoms with van der Waals surface area (Å²) in [5, 5.41) is 0. The third-order valence-electron chi connectivity index (χ3n) is 4.75. The number of carbonyl (C=O) groups excluding carboxylic acids is 2. The Bertz CT molecular complexity index is 681. The molecule has 0 bridgehead atoms. The topological polar surface area (TPSA) is 55.8 Å². The molecule has 1 fully saturated rings. The predicted molar refractivity (Wildman–Crippen MR) is 98.6 cm³/mol. The van der Waals surface area contributed by atoms with Gasteiger partial charge in [0.15, 0.2) is 11.5 Å². The largest absolute Gasteiger partial charge is 0.481 e. The fourth-order valence-corrected chi connectivity index (χ4v) is 3.50. The maximum atomic E-state index is 12.8. The lowest BCUT2D eigenvalue weighted by Gasteiger charge is -2.36. The lowest BCUT2D eigenvalue weighted by Crippen LogP contribution is -2.47. The number of allylic oxidation sites excluding steroid dienone is 1. The van der Waals surface area contributed by atoms with E-state index >= 15 is 0 Å². The van der Waals surface area contributed by atoms with Crippen LogP contribution in [0.5, 0.6) is 0 Å². The minimum atomic E-state index is -0.627. The van der Waals surface area contributed by atoms with Crippen LogP contribution in [-0.4, -0.2) is 48.0 Å². The van der Waals surface area contributed by atoms with E-state index in [1.54, 1.807) is 4.90 Å². The van der Waals surface area contributed by atoms with Crippen molar-refractivity contribution in [1.82, 2.24) is 4.90 Å². The zero-order valence-corrected chi connectivity index (χ0v) is 15.6. The molecule has 0 radical (unpaired) electrons. The van der Waals surface area contributed by atoms with Gasteiger partial charge in [-0.05, 0) is 38.7 Å².